The summed E-state index contributed by atoms with van der Waals surface area (Å²) in [6.07, 6.45) is 2.12. The molecule has 0 heterocycles. The van der Waals surface area contributed by atoms with Crippen LogP contribution >= 0.6 is 0 Å². The van der Waals surface area contributed by atoms with Crippen LogP contribution in [0.25, 0.3) is 0 Å². The van der Waals surface area contributed by atoms with Gasteiger partial charge in [0.25, 0.3) is 5.69 Å². The fourth-order valence-electron chi connectivity index (χ4n) is 1.91. The van der Waals surface area contributed by atoms with Gasteiger partial charge in [-0.25, -0.2) is 0 Å². The molecule has 4 nitrogen and oxygen atoms in total. The van der Waals surface area contributed by atoms with E-state index in [9.17, 15) is 10.1 Å². The lowest BCUT2D eigenvalue weighted by Crippen LogP contribution is -2.24. The van der Waals surface area contributed by atoms with Crippen LogP contribution in [0.1, 0.15) is 24.0 Å². The summed E-state index contributed by atoms with van der Waals surface area (Å²) in [6, 6.07) is 5.50. The van der Waals surface area contributed by atoms with Crippen molar-refractivity contribution in [2.45, 2.75) is 25.3 Å². The Balaban J connectivity index is 2.43. The lowest BCUT2D eigenvalue weighted by Gasteiger charge is -2.14. The van der Waals surface area contributed by atoms with Crippen LogP contribution in [-0.4, -0.2) is 12.0 Å². The lowest BCUT2D eigenvalue weighted by atomic mass is 10.0. The number of hydrogen-bond acceptors (Lipinski definition) is 3. The Bertz CT molecular complexity index is 411. The maximum atomic E-state index is 10.8. The summed E-state index contributed by atoms with van der Waals surface area (Å²) in [6.45, 7) is 1.76. The third-order valence-electron chi connectivity index (χ3n) is 3.19. The van der Waals surface area contributed by atoms with E-state index in [0.717, 1.165) is 24.0 Å². The van der Waals surface area contributed by atoms with Crippen LogP contribution in [0.3, 0.4) is 0 Å². The van der Waals surface area contributed by atoms with Crippen molar-refractivity contribution < 1.29 is 4.92 Å². The van der Waals surface area contributed by atoms with Crippen molar-refractivity contribution in [2.24, 2.45) is 0 Å². The summed E-state index contributed by atoms with van der Waals surface area (Å²) >= 11 is 0. The second kappa shape index (κ2) is 3.31. The number of rotatable bonds is 3. The molecule has 1 aliphatic rings. The van der Waals surface area contributed by atoms with Crippen LogP contribution in [0.5, 0.6) is 0 Å². The zero-order chi connectivity index (χ0) is 11.1. The molecule has 1 aromatic rings. The van der Waals surface area contributed by atoms with Gasteiger partial charge in [0, 0.05) is 17.2 Å². The Morgan fingerprint density at radius 1 is 1.47 bits per heavy atom. The molecule has 0 saturated heterocycles. The minimum absolute atomic E-state index is 0.00153. The van der Waals surface area contributed by atoms with E-state index in [-0.39, 0.29) is 16.1 Å². The van der Waals surface area contributed by atoms with Gasteiger partial charge < -0.3 is 5.32 Å². The molecule has 0 spiro atoms. The van der Waals surface area contributed by atoms with Gasteiger partial charge in [0.2, 0.25) is 0 Å². The molecule has 15 heavy (non-hydrogen) atoms. The molecule has 0 aromatic heterocycles. The number of benzene rings is 1. The second-order valence-corrected chi connectivity index (χ2v) is 4.09. The van der Waals surface area contributed by atoms with Crippen LogP contribution < -0.4 is 5.32 Å². The average molecular weight is 206 g/mol. The minimum Gasteiger partial charge on any atom is -0.310 e. The highest BCUT2D eigenvalue weighted by molar-refractivity contribution is 5.46. The average Bonchev–Trinajstić information content (AvgIpc) is 2.99. The lowest BCUT2D eigenvalue weighted by molar-refractivity contribution is -0.385. The van der Waals surface area contributed by atoms with Gasteiger partial charge in [0.15, 0.2) is 0 Å². The first-order valence-corrected chi connectivity index (χ1v) is 5.03. The number of nitrogens with zero attached hydrogens (tertiary/aromatic N) is 1. The molecule has 4 heteroatoms. The molecule has 1 N–H and O–H groups in total. The van der Waals surface area contributed by atoms with Gasteiger partial charge in [-0.2, -0.15) is 0 Å². The topological polar surface area (TPSA) is 55.2 Å². The van der Waals surface area contributed by atoms with E-state index in [2.05, 4.69) is 5.32 Å². The summed E-state index contributed by atoms with van der Waals surface area (Å²) in [5, 5.41) is 14.0. The highest BCUT2D eigenvalue weighted by atomic mass is 16.6. The van der Waals surface area contributed by atoms with E-state index >= 15 is 0 Å². The van der Waals surface area contributed by atoms with Crippen molar-refractivity contribution in [1.29, 1.82) is 0 Å². The van der Waals surface area contributed by atoms with E-state index in [1.165, 1.54) is 0 Å². The Labute approximate surface area is 88.5 Å². The Kier molecular flexibility index (Phi) is 2.23. The summed E-state index contributed by atoms with van der Waals surface area (Å²) in [5.41, 5.74) is 1.96. The molecule has 1 fully saturated rings. The van der Waals surface area contributed by atoms with Gasteiger partial charge in [0.1, 0.15) is 0 Å². The summed E-state index contributed by atoms with van der Waals surface area (Å²) in [5.74, 6) is 0. The monoisotopic (exact) mass is 206 g/mol. The van der Waals surface area contributed by atoms with Gasteiger partial charge >= 0.3 is 0 Å². The molecule has 1 aromatic carbocycles. The Morgan fingerprint density at radius 3 is 2.60 bits per heavy atom. The predicted octanol–water partition coefficient (Wildman–Crippen LogP) is 2.11. The normalized spacial score (nSPS) is 17.5. The number of aryl methyl sites for hydroxylation is 1. The van der Waals surface area contributed by atoms with Crippen molar-refractivity contribution in [3.8, 4) is 0 Å². The number of hydrogen-bond donors (Lipinski definition) is 1. The minimum atomic E-state index is -0.315. The zero-order valence-electron chi connectivity index (χ0n) is 8.91. The first-order chi connectivity index (χ1) is 7.09. The van der Waals surface area contributed by atoms with E-state index in [1.807, 2.05) is 19.2 Å². The van der Waals surface area contributed by atoms with E-state index in [1.54, 1.807) is 13.0 Å². The summed E-state index contributed by atoms with van der Waals surface area (Å²) in [4.78, 5) is 10.5. The molecule has 80 valence electrons. The Morgan fingerprint density at radius 2 is 2.13 bits per heavy atom. The van der Waals surface area contributed by atoms with Crippen molar-refractivity contribution in [3.05, 3.63) is 39.4 Å². The molecule has 0 radical (unpaired) electrons. The fraction of sp³-hybridized carbons (Fsp3) is 0.455. The third-order valence-corrected chi connectivity index (χ3v) is 3.19. The molecule has 0 atom stereocenters. The number of nitro benzene ring substituents is 1. The molecule has 0 unspecified atom stereocenters. The maximum absolute atomic E-state index is 10.8. The van der Waals surface area contributed by atoms with Crippen LogP contribution in [0.15, 0.2) is 18.2 Å². The van der Waals surface area contributed by atoms with Crippen molar-refractivity contribution in [1.82, 2.24) is 5.32 Å². The molecule has 0 amide bonds. The first kappa shape index (κ1) is 10.1. The van der Waals surface area contributed by atoms with Crippen LogP contribution in [0.4, 0.5) is 5.69 Å². The molecule has 1 aliphatic carbocycles. The molecule has 2 rings (SSSR count). The van der Waals surface area contributed by atoms with Gasteiger partial charge in [-0.05, 0) is 32.4 Å². The van der Waals surface area contributed by atoms with Crippen LogP contribution in [0.2, 0.25) is 0 Å². The van der Waals surface area contributed by atoms with Crippen LogP contribution in [0, 0.1) is 17.0 Å². The van der Waals surface area contributed by atoms with E-state index in [4.69, 9.17) is 0 Å². The number of nitrogens with one attached hydrogen (secondary N) is 1. The second-order valence-electron chi connectivity index (χ2n) is 4.09. The SMILES string of the molecule is CNC1(c2ccc(C)c([N+](=O)[O-])c2)CC1. The standard InChI is InChI=1S/C11H14N2O2/c1-8-3-4-9(7-10(8)13(14)15)11(12-2)5-6-11/h3-4,7,12H,5-6H2,1-2H3. The van der Waals surface area contributed by atoms with Gasteiger partial charge in [0.05, 0.1) is 4.92 Å². The van der Waals surface area contributed by atoms with E-state index < -0.39 is 0 Å². The summed E-state index contributed by atoms with van der Waals surface area (Å²) < 4.78 is 0. The highest BCUT2D eigenvalue weighted by Crippen LogP contribution is 2.46. The maximum Gasteiger partial charge on any atom is 0.272 e. The van der Waals surface area contributed by atoms with Gasteiger partial charge in [-0.15, -0.1) is 0 Å². The molecular formula is C11H14N2O2. The Hall–Kier alpha value is -1.42. The highest BCUT2D eigenvalue weighted by Gasteiger charge is 2.43. The third kappa shape index (κ3) is 1.61. The fourth-order valence-corrected chi connectivity index (χ4v) is 1.91. The van der Waals surface area contributed by atoms with E-state index in [0.29, 0.717) is 0 Å². The molecule has 0 bridgehead atoms. The van der Waals surface area contributed by atoms with Gasteiger partial charge in [-0.1, -0.05) is 12.1 Å². The first-order valence-electron chi connectivity index (χ1n) is 5.03. The molecular weight excluding hydrogens is 192 g/mol. The largest absolute Gasteiger partial charge is 0.310 e. The van der Waals surface area contributed by atoms with Crippen molar-refractivity contribution in [3.63, 3.8) is 0 Å². The van der Waals surface area contributed by atoms with Crippen molar-refractivity contribution >= 4 is 5.69 Å². The summed E-state index contributed by atoms with van der Waals surface area (Å²) in [7, 11) is 1.90. The predicted molar refractivity (Wildman–Crippen MR) is 57.8 cm³/mol. The quantitative estimate of drug-likeness (QED) is 0.608. The molecule has 0 aliphatic heterocycles. The smallest absolute Gasteiger partial charge is 0.272 e. The number of nitro groups is 1. The van der Waals surface area contributed by atoms with Crippen molar-refractivity contribution in [2.75, 3.05) is 7.05 Å². The van der Waals surface area contributed by atoms with Crippen LogP contribution in [-0.2, 0) is 5.54 Å². The zero-order valence-corrected chi connectivity index (χ0v) is 8.91. The molecule has 1 saturated carbocycles. The van der Waals surface area contributed by atoms with Gasteiger partial charge in [-0.3, -0.25) is 10.1 Å².